The number of aryl methyl sites for hydroxylation is 1. The Bertz CT molecular complexity index is 608. The molecule has 1 aliphatic carbocycles. The molecule has 1 heterocycles. The van der Waals surface area contributed by atoms with Crippen LogP contribution in [0.5, 0.6) is 0 Å². The first-order valence-electron chi connectivity index (χ1n) is 7.40. The predicted molar refractivity (Wildman–Crippen MR) is 100 cm³/mol. The van der Waals surface area contributed by atoms with Crippen molar-refractivity contribution >= 4 is 45.5 Å². The summed E-state index contributed by atoms with van der Waals surface area (Å²) < 4.78 is 1.41. The average Bonchev–Trinajstić information content (AvgIpc) is 2.83. The van der Waals surface area contributed by atoms with Crippen LogP contribution in [0.2, 0.25) is 5.02 Å². The molecule has 0 amide bonds. The Kier molecular flexibility index (Phi) is 5.25. The number of thiophene rings is 1. The smallest absolute Gasteiger partial charge is 0.0659 e. The molecule has 0 saturated heterocycles. The van der Waals surface area contributed by atoms with Gasteiger partial charge in [-0.1, -0.05) is 23.7 Å². The second-order valence-corrected chi connectivity index (χ2v) is 9.24. The van der Waals surface area contributed by atoms with Crippen LogP contribution in [0.1, 0.15) is 41.8 Å². The fraction of sp³-hybridized carbons (Fsp3) is 0.412. The number of hydrogen-bond donors (Lipinski definition) is 1. The summed E-state index contributed by atoms with van der Waals surface area (Å²) in [5, 5.41) is 4.63. The highest BCUT2D eigenvalue weighted by molar-refractivity contribution is 14.1. The van der Waals surface area contributed by atoms with Crippen LogP contribution < -0.4 is 5.32 Å². The fourth-order valence-electron chi connectivity index (χ4n) is 3.07. The van der Waals surface area contributed by atoms with E-state index in [1.54, 1.807) is 10.4 Å². The van der Waals surface area contributed by atoms with Gasteiger partial charge in [-0.05, 0) is 84.5 Å². The third kappa shape index (κ3) is 4.01. The van der Waals surface area contributed by atoms with Crippen molar-refractivity contribution in [1.82, 2.24) is 5.32 Å². The van der Waals surface area contributed by atoms with E-state index in [9.17, 15) is 0 Å². The van der Waals surface area contributed by atoms with Gasteiger partial charge in [-0.15, -0.1) is 11.3 Å². The number of rotatable bonds is 4. The summed E-state index contributed by atoms with van der Waals surface area (Å²) in [7, 11) is 0. The van der Waals surface area contributed by atoms with Crippen LogP contribution in [0.15, 0.2) is 30.3 Å². The molecule has 1 aromatic heterocycles. The van der Waals surface area contributed by atoms with E-state index >= 15 is 0 Å². The predicted octanol–water partition coefficient (Wildman–Crippen LogP) is 5.60. The highest BCUT2D eigenvalue weighted by Gasteiger charge is 2.23. The largest absolute Gasteiger partial charge is 0.307 e. The maximum absolute atomic E-state index is 5.95. The number of hydrogen-bond acceptors (Lipinski definition) is 2. The molecule has 1 nitrogen and oxygen atoms in total. The molecule has 21 heavy (non-hydrogen) atoms. The average molecular weight is 432 g/mol. The Balaban J connectivity index is 1.65. The molecule has 112 valence electrons. The van der Waals surface area contributed by atoms with Gasteiger partial charge >= 0.3 is 0 Å². The second-order valence-electron chi connectivity index (χ2n) is 5.77. The number of nitrogens with one attached hydrogen (secondary N) is 1. The van der Waals surface area contributed by atoms with E-state index in [-0.39, 0.29) is 0 Å². The molecule has 0 radical (unpaired) electrons. The van der Waals surface area contributed by atoms with Crippen molar-refractivity contribution < 1.29 is 0 Å². The summed E-state index contributed by atoms with van der Waals surface area (Å²) >= 11 is 10.4. The molecule has 0 bridgehead atoms. The number of benzene rings is 1. The Labute approximate surface area is 149 Å². The van der Waals surface area contributed by atoms with Crippen molar-refractivity contribution in [3.8, 4) is 0 Å². The van der Waals surface area contributed by atoms with Crippen molar-refractivity contribution in [2.24, 2.45) is 0 Å². The molecule has 4 heteroatoms. The van der Waals surface area contributed by atoms with Gasteiger partial charge in [0.05, 0.1) is 2.88 Å². The van der Waals surface area contributed by atoms with Crippen LogP contribution in [0, 0.1) is 2.88 Å². The highest BCUT2D eigenvalue weighted by Crippen LogP contribution is 2.36. The summed E-state index contributed by atoms with van der Waals surface area (Å²) in [4.78, 5) is 1.59. The van der Waals surface area contributed by atoms with Crippen molar-refractivity contribution in [2.75, 3.05) is 0 Å². The van der Waals surface area contributed by atoms with Gasteiger partial charge in [0, 0.05) is 22.0 Å². The zero-order valence-electron chi connectivity index (χ0n) is 12.0. The normalized spacial score (nSPS) is 19.3. The second kappa shape index (κ2) is 6.99. The van der Waals surface area contributed by atoms with Crippen LogP contribution >= 0.6 is 45.5 Å². The first-order valence-corrected chi connectivity index (χ1v) is 9.68. The quantitative estimate of drug-likeness (QED) is 0.621. The van der Waals surface area contributed by atoms with E-state index in [0.717, 1.165) is 11.4 Å². The van der Waals surface area contributed by atoms with Crippen LogP contribution in [0.3, 0.4) is 0 Å². The van der Waals surface area contributed by atoms with E-state index < -0.39 is 0 Å². The summed E-state index contributed by atoms with van der Waals surface area (Å²) in [5.41, 5.74) is 2.88. The lowest BCUT2D eigenvalue weighted by molar-refractivity contribution is 0.409. The molecule has 0 aliphatic heterocycles. The SMILES string of the molecule is CC(Cc1ccc(Cl)cc1)NC1CCCc2sc(I)cc21. The zero-order valence-corrected chi connectivity index (χ0v) is 15.8. The number of halogens is 2. The molecule has 2 unspecified atom stereocenters. The van der Waals surface area contributed by atoms with E-state index in [4.69, 9.17) is 11.6 Å². The first-order chi connectivity index (χ1) is 10.1. The maximum atomic E-state index is 5.95. The summed E-state index contributed by atoms with van der Waals surface area (Å²) in [6.45, 7) is 2.28. The summed E-state index contributed by atoms with van der Waals surface area (Å²) in [5.74, 6) is 0. The highest BCUT2D eigenvalue weighted by atomic mass is 127. The van der Waals surface area contributed by atoms with E-state index in [2.05, 4.69) is 53.0 Å². The molecule has 2 atom stereocenters. The molecule has 1 aliphatic rings. The molecule has 3 rings (SSSR count). The summed E-state index contributed by atoms with van der Waals surface area (Å²) in [6, 6.07) is 11.6. The zero-order chi connectivity index (χ0) is 14.8. The minimum absolute atomic E-state index is 0.472. The van der Waals surface area contributed by atoms with Crippen LogP contribution in [-0.2, 0) is 12.8 Å². The van der Waals surface area contributed by atoms with Gasteiger partial charge in [0.2, 0.25) is 0 Å². The third-order valence-electron chi connectivity index (χ3n) is 4.02. The lowest BCUT2D eigenvalue weighted by Crippen LogP contribution is -2.33. The molecule has 2 aromatic rings. The summed E-state index contributed by atoms with van der Waals surface area (Å²) in [6.07, 6.45) is 4.86. The minimum atomic E-state index is 0.472. The maximum Gasteiger partial charge on any atom is 0.0659 e. The van der Waals surface area contributed by atoms with Gasteiger partial charge in [-0.2, -0.15) is 0 Å². The molecule has 1 N–H and O–H groups in total. The Morgan fingerprint density at radius 3 is 2.90 bits per heavy atom. The first kappa shape index (κ1) is 15.8. The van der Waals surface area contributed by atoms with Crippen molar-refractivity contribution in [3.05, 3.63) is 54.2 Å². The molecular formula is C17H19ClINS. The minimum Gasteiger partial charge on any atom is -0.307 e. The van der Waals surface area contributed by atoms with Gasteiger partial charge < -0.3 is 5.32 Å². The van der Waals surface area contributed by atoms with Crippen molar-refractivity contribution in [2.45, 2.75) is 44.7 Å². The van der Waals surface area contributed by atoms with Crippen molar-refractivity contribution in [3.63, 3.8) is 0 Å². The van der Waals surface area contributed by atoms with Gasteiger partial charge in [0.1, 0.15) is 0 Å². The van der Waals surface area contributed by atoms with Gasteiger partial charge in [-0.3, -0.25) is 0 Å². The molecule has 1 aromatic carbocycles. The van der Waals surface area contributed by atoms with Crippen LogP contribution in [0.4, 0.5) is 0 Å². The Hall–Kier alpha value is -0.100. The molecule has 0 fully saturated rings. The number of fused-ring (bicyclic) bond motifs is 1. The Morgan fingerprint density at radius 1 is 1.38 bits per heavy atom. The standard InChI is InChI=1S/C17H19ClINS/c1-11(9-12-5-7-13(18)8-6-12)20-15-3-2-4-16-14(15)10-17(19)21-16/h5-8,10-11,15,20H,2-4,9H2,1H3. The van der Waals surface area contributed by atoms with E-state index in [1.165, 1.54) is 27.7 Å². The van der Waals surface area contributed by atoms with Crippen molar-refractivity contribution in [1.29, 1.82) is 0 Å². The monoisotopic (exact) mass is 431 g/mol. The third-order valence-corrected chi connectivity index (χ3v) is 6.25. The van der Waals surface area contributed by atoms with Gasteiger partial charge in [0.15, 0.2) is 0 Å². The topological polar surface area (TPSA) is 12.0 Å². The lowest BCUT2D eigenvalue weighted by Gasteiger charge is -2.27. The van der Waals surface area contributed by atoms with E-state index in [0.29, 0.717) is 12.1 Å². The Morgan fingerprint density at radius 2 is 2.14 bits per heavy atom. The van der Waals surface area contributed by atoms with Crippen LogP contribution in [0.25, 0.3) is 0 Å². The van der Waals surface area contributed by atoms with Gasteiger partial charge in [0.25, 0.3) is 0 Å². The van der Waals surface area contributed by atoms with Gasteiger partial charge in [-0.25, -0.2) is 0 Å². The van der Waals surface area contributed by atoms with Crippen LogP contribution in [-0.4, -0.2) is 6.04 Å². The molecule has 0 saturated carbocycles. The molecule has 0 spiro atoms. The molecular weight excluding hydrogens is 413 g/mol. The fourth-order valence-corrected chi connectivity index (χ4v) is 5.32. The lowest BCUT2D eigenvalue weighted by atomic mass is 9.93. The van der Waals surface area contributed by atoms with E-state index in [1.807, 2.05) is 23.5 Å².